The van der Waals surface area contributed by atoms with Gasteiger partial charge in [-0.25, -0.2) is 0 Å². The van der Waals surface area contributed by atoms with Gasteiger partial charge in [0.15, 0.2) is 0 Å². The van der Waals surface area contributed by atoms with Crippen molar-refractivity contribution in [3.63, 3.8) is 0 Å². The molecule has 1 aromatic rings. The fourth-order valence-corrected chi connectivity index (χ4v) is 7.77. The normalized spacial score (nSPS) is 26.8. The molecule has 2 aliphatic rings. The van der Waals surface area contributed by atoms with Gasteiger partial charge in [0, 0.05) is 0 Å². The Labute approximate surface area is 98.4 Å². The standard InChI is InChI=1S/C12H15IO2/c1-11(2)8-6-5-7-9-10(8)13(14-11)15-12(9,3)4/h5-7H,1-4H3. The van der Waals surface area contributed by atoms with Crippen LogP contribution in [0.3, 0.4) is 0 Å². The summed E-state index contributed by atoms with van der Waals surface area (Å²) in [4.78, 5) is 0. The predicted octanol–water partition coefficient (Wildman–Crippen LogP) is 3.72. The first-order chi connectivity index (χ1) is 6.92. The van der Waals surface area contributed by atoms with E-state index in [0.717, 1.165) is 0 Å². The second-order valence-corrected chi connectivity index (χ2v) is 8.26. The van der Waals surface area contributed by atoms with Gasteiger partial charge in [0.2, 0.25) is 0 Å². The average molecular weight is 318 g/mol. The summed E-state index contributed by atoms with van der Waals surface area (Å²) in [6, 6.07) is 6.48. The molecule has 0 N–H and O–H groups in total. The van der Waals surface area contributed by atoms with Crippen molar-refractivity contribution in [1.29, 1.82) is 0 Å². The van der Waals surface area contributed by atoms with Gasteiger partial charge in [-0.2, -0.15) is 0 Å². The minimum absolute atomic E-state index is 0.146. The molecule has 82 valence electrons. The number of hydrogen-bond donors (Lipinski definition) is 0. The molecule has 2 heterocycles. The summed E-state index contributed by atoms with van der Waals surface area (Å²) in [5.41, 5.74) is 2.39. The first kappa shape index (κ1) is 10.1. The van der Waals surface area contributed by atoms with Crippen LogP contribution in [-0.2, 0) is 17.3 Å². The number of hydrogen-bond acceptors (Lipinski definition) is 2. The Kier molecular flexibility index (Phi) is 1.85. The van der Waals surface area contributed by atoms with Crippen LogP contribution in [0.5, 0.6) is 0 Å². The number of rotatable bonds is 0. The Morgan fingerprint density at radius 2 is 1.40 bits per heavy atom. The van der Waals surface area contributed by atoms with Crippen molar-refractivity contribution in [1.82, 2.24) is 0 Å². The molecule has 0 radical (unpaired) electrons. The molecule has 0 atom stereocenters. The fourth-order valence-electron chi connectivity index (χ4n) is 2.15. The molecule has 0 amide bonds. The van der Waals surface area contributed by atoms with Gasteiger partial charge in [-0.05, 0) is 0 Å². The molecule has 0 aromatic heterocycles. The molecule has 3 heteroatoms. The van der Waals surface area contributed by atoms with Crippen molar-refractivity contribution in [2.24, 2.45) is 0 Å². The molecule has 0 unspecified atom stereocenters. The minimum atomic E-state index is -1.80. The predicted molar refractivity (Wildman–Crippen MR) is 67.4 cm³/mol. The van der Waals surface area contributed by atoms with E-state index in [4.69, 9.17) is 6.13 Å². The van der Waals surface area contributed by atoms with Crippen LogP contribution in [-0.4, -0.2) is 0 Å². The molecule has 0 bridgehead atoms. The summed E-state index contributed by atoms with van der Waals surface area (Å²) >= 11 is -1.80. The third kappa shape index (κ3) is 1.23. The van der Waals surface area contributed by atoms with E-state index in [0.29, 0.717) is 0 Å². The van der Waals surface area contributed by atoms with Gasteiger partial charge < -0.3 is 0 Å². The van der Waals surface area contributed by atoms with Crippen LogP contribution in [0.25, 0.3) is 0 Å². The van der Waals surface area contributed by atoms with Gasteiger partial charge in [-0.3, -0.25) is 0 Å². The molecule has 0 saturated heterocycles. The molecule has 0 aliphatic carbocycles. The van der Waals surface area contributed by atoms with Crippen molar-refractivity contribution < 1.29 is 6.13 Å². The molecule has 15 heavy (non-hydrogen) atoms. The van der Waals surface area contributed by atoms with E-state index in [1.54, 1.807) is 0 Å². The van der Waals surface area contributed by atoms with Gasteiger partial charge >= 0.3 is 98.6 Å². The summed E-state index contributed by atoms with van der Waals surface area (Å²) in [5, 5.41) is 0. The van der Waals surface area contributed by atoms with Crippen LogP contribution in [0.2, 0.25) is 0 Å². The summed E-state index contributed by atoms with van der Waals surface area (Å²) in [6.45, 7) is 8.53. The van der Waals surface area contributed by atoms with Gasteiger partial charge in [0.25, 0.3) is 0 Å². The Balaban J connectivity index is 2.29. The molecule has 1 aromatic carbocycles. The SMILES string of the molecule is CC1(C)OI2OC(C)(C)c3cccc1c32. The monoisotopic (exact) mass is 318 g/mol. The third-order valence-corrected chi connectivity index (χ3v) is 8.02. The summed E-state index contributed by atoms with van der Waals surface area (Å²) in [7, 11) is 0. The quantitative estimate of drug-likeness (QED) is 0.679. The molecule has 3 rings (SSSR count). The van der Waals surface area contributed by atoms with Crippen molar-refractivity contribution in [2.75, 3.05) is 0 Å². The zero-order valence-electron chi connectivity index (χ0n) is 9.43. The first-order valence-electron chi connectivity index (χ1n) is 5.15. The van der Waals surface area contributed by atoms with Crippen molar-refractivity contribution in [2.45, 2.75) is 38.9 Å². The first-order valence-corrected chi connectivity index (χ1v) is 7.99. The van der Waals surface area contributed by atoms with E-state index < -0.39 is 20.6 Å². The van der Waals surface area contributed by atoms with Crippen LogP contribution in [0, 0.1) is 3.57 Å². The Morgan fingerprint density at radius 3 is 1.87 bits per heavy atom. The van der Waals surface area contributed by atoms with Crippen LogP contribution in [0.4, 0.5) is 0 Å². The zero-order chi connectivity index (χ0) is 10.8. The van der Waals surface area contributed by atoms with Gasteiger partial charge in [0.1, 0.15) is 0 Å². The number of halogens is 1. The maximum absolute atomic E-state index is 6.09. The van der Waals surface area contributed by atoms with Crippen LogP contribution < -0.4 is 0 Å². The third-order valence-electron chi connectivity index (χ3n) is 2.98. The van der Waals surface area contributed by atoms with E-state index in [1.807, 2.05) is 0 Å². The van der Waals surface area contributed by atoms with Crippen LogP contribution in [0.1, 0.15) is 38.8 Å². The van der Waals surface area contributed by atoms with E-state index in [9.17, 15) is 0 Å². The van der Waals surface area contributed by atoms with Crippen LogP contribution in [0.15, 0.2) is 18.2 Å². The van der Waals surface area contributed by atoms with Crippen molar-refractivity contribution in [3.05, 3.63) is 32.9 Å². The molecule has 0 spiro atoms. The maximum atomic E-state index is 6.09. The summed E-state index contributed by atoms with van der Waals surface area (Å²) in [5.74, 6) is 0. The molecule has 0 fully saturated rings. The van der Waals surface area contributed by atoms with E-state index in [-0.39, 0.29) is 11.2 Å². The van der Waals surface area contributed by atoms with Gasteiger partial charge in [-0.15, -0.1) is 0 Å². The summed E-state index contributed by atoms with van der Waals surface area (Å²) < 4.78 is 13.6. The van der Waals surface area contributed by atoms with Crippen molar-refractivity contribution in [3.8, 4) is 0 Å². The Bertz CT molecular complexity index is 401. The molecule has 2 aliphatic heterocycles. The van der Waals surface area contributed by atoms with Gasteiger partial charge in [-0.1, -0.05) is 0 Å². The topological polar surface area (TPSA) is 18.5 Å². The Morgan fingerprint density at radius 1 is 0.933 bits per heavy atom. The number of benzene rings is 1. The van der Waals surface area contributed by atoms with Crippen LogP contribution >= 0.6 is 20.6 Å². The molecule has 0 saturated carbocycles. The molecule has 2 nitrogen and oxygen atoms in total. The second-order valence-electron chi connectivity index (χ2n) is 5.06. The van der Waals surface area contributed by atoms with Crippen molar-refractivity contribution >= 4 is 20.6 Å². The van der Waals surface area contributed by atoms with E-state index >= 15 is 0 Å². The van der Waals surface area contributed by atoms with E-state index in [1.165, 1.54) is 14.7 Å². The molecular formula is C12H15IO2. The Hall–Kier alpha value is -0.130. The average Bonchev–Trinajstić information content (AvgIpc) is 2.51. The fraction of sp³-hybridized carbons (Fsp3) is 0.500. The van der Waals surface area contributed by atoms with E-state index in [2.05, 4.69) is 45.9 Å². The summed E-state index contributed by atoms with van der Waals surface area (Å²) in [6.07, 6.45) is 0. The second kappa shape index (κ2) is 2.76. The molecular weight excluding hydrogens is 303 g/mol. The van der Waals surface area contributed by atoms with Gasteiger partial charge in [0.05, 0.1) is 0 Å². The zero-order valence-corrected chi connectivity index (χ0v) is 11.6.